The van der Waals surface area contributed by atoms with Crippen LogP contribution in [-0.4, -0.2) is 46.8 Å². The van der Waals surface area contributed by atoms with E-state index in [1.54, 1.807) is 7.11 Å². The van der Waals surface area contributed by atoms with Gasteiger partial charge < -0.3 is 18.9 Å². The van der Waals surface area contributed by atoms with Gasteiger partial charge >= 0.3 is 0 Å². The van der Waals surface area contributed by atoms with Gasteiger partial charge in [0, 0.05) is 7.11 Å². The van der Waals surface area contributed by atoms with Gasteiger partial charge in [0.05, 0.1) is 33.0 Å². The van der Waals surface area contributed by atoms with Gasteiger partial charge in [-0.05, 0) is 30.0 Å². The molecule has 0 bridgehead atoms. The van der Waals surface area contributed by atoms with E-state index in [4.69, 9.17) is 18.9 Å². The Labute approximate surface area is 128 Å². The van der Waals surface area contributed by atoms with E-state index in [0.717, 1.165) is 12.2 Å². The zero-order valence-corrected chi connectivity index (χ0v) is 13.5. The third-order valence-corrected chi connectivity index (χ3v) is 3.36. The minimum atomic E-state index is 0.556. The van der Waals surface area contributed by atoms with Gasteiger partial charge in [0.25, 0.3) is 0 Å². The molecule has 0 aliphatic heterocycles. The lowest BCUT2D eigenvalue weighted by Crippen LogP contribution is -2.12. The van der Waals surface area contributed by atoms with Crippen molar-refractivity contribution in [1.82, 2.24) is 0 Å². The highest BCUT2D eigenvalue weighted by molar-refractivity contribution is 5.29. The standard InChI is InChI=1S/C17H28O4/c1-4-15(2)16-5-7-17(8-6-16)21-14-13-20-12-11-19-10-9-18-3/h5-8,15H,4,9-14H2,1-3H3. The summed E-state index contributed by atoms with van der Waals surface area (Å²) in [6, 6.07) is 8.31. The Morgan fingerprint density at radius 1 is 0.857 bits per heavy atom. The van der Waals surface area contributed by atoms with Crippen LogP contribution in [0.4, 0.5) is 0 Å². The average molecular weight is 296 g/mol. The normalized spacial score (nSPS) is 12.3. The number of hydrogen-bond acceptors (Lipinski definition) is 4. The second-order valence-electron chi connectivity index (χ2n) is 4.94. The van der Waals surface area contributed by atoms with Crippen LogP contribution in [0.5, 0.6) is 5.75 Å². The summed E-state index contributed by atoms with van der Waals surface area (Å²) in [5.41, 5.74) is 1.36. The van der Waals surface area contributed by atoms with E-state index < -0.39 is 0 Å². The number of hydrogen-bond donors (Lipinski definition) is 0. The topological polar surface area (TPSA) is 36.9 Å². The van der Waals surface area contributed by atoms with Gasteiger partial charge in [0.15, 0.2) is 0 Å². The van der Waals surface area contributed by atoms with Crippen LogP contribution >= 0.6 is 0 Å². The van der Waals surface area contributed by atoms with Gasteiger partial charge in [0.1, 0.15) is 12.4 Å². The molecule has 0 aromatic heterocycles. The largest absolute Gasteiger partial charge is 0.491 e. The maximum Gasteiger partial charge on any atom is 0.119 e. The van der Waals surface area contributed by atoms with Crippen LogP contribution in [0, 0.1) is 0 Å². The molecule has 0 amide bonds. The number of rotatable bonds is 12. The first-order valence-electron chi connectivity index (χ1n) is 7.65. The van der Waals surface area contributed by atoms with Crippen LogP contribution in [0.3, 0.4) is 0 Å². The summed E-state index contributed by atoms with van der Waals surface area (Å²) in [7, 11) is 1.66. The van der Waals surface area contributed by atoms with Crippen LogP contribution in [-0.2, 0) is 14.2 Å². The van der Waals surface area contributed by atoms with Crippen molar-refractivity contribution in [2.24, 2.45) is 0 Å². The zero-order valence-electron chi connectivity index (χ0n) is 13.5. The van der Waals surface area contributed by atoms with E-state index >= 15 is 0 Å². The van der Waals surface area contributed by atoms with Gasteiger partial charge in [-0.25, -0.2) is 0 Å². The summed E-state index contributed by atoms with van der Waals surface area (Å²) in [6.07, 6.45) is 1.15. The highest BCUT2D eigenvalue weighted by Gasteiger charge is 2.02. The molecule has 0 saturated heterocycles. The monoisotopic (exact) mass is 296 g/mol. The lowest BCUT2D eigenvalue weighted by atomic mass is 9.99. The minimum absolute atomic E-state index is 0.556. The molecule has 0 heterocycles. The molecule has 120 valence electrons. The molecule has 0 N–H and O–H groups in total. The molecule has 1 atom stereocenters. The first-order chi connectivity index (χ1) is 10.3. The molecule has 0 spiro atoms. The molecule has 1 rings (SSSR count). The van der Waals surface area contributed by atoms with Gasteiger partial charge in [-0.3, -0.25) is 0 Å². The second-order valence-corrected chi connectivity index (χ2v) is 4.94. The Bertz CT molecular complexity index is 350. The maximum atomic E-state index is 5.63. The highest BCUT2D eigenvalue weighted by Crippen LogP contribution is 2.21. The minimum Gasteiger partial charge on any atom is -0.491 e. The van der Waals surface area contributed by atoms with Crippen molar-refractivity contribution in [2.75, 3.05) is 46.8 Å². The molecular weight excluding hydrogens is 268 g/mol. The zero-order chi connectivity index (χ0) is 15.3. The van der Waals surface area contributed by atoms with E-state index in [1.807, 2.05) is 12.1 Å². The Morgan fingerprint density at radius 3 is 2.00 bits per heavy atom. The molecule has 1 aromatic rings. The van der Waals surface area contributed by atoms with Crippen molar-refractivity contribution in [3.05, 3.63) is 29.8 Å². The van der Waals surface area contributed by atoms with Crippen molar-refractivity contribution in [3.8, 4) is 5.75 Å². The molecule has 1 unspecified atom stereocenters. The summed E-state index contributed by atoms with van der Waals surface area (Å²) < 4.78 is 21.2. The molecule has 0 fully saturated rings. The fraction of sp³-hybridized carbons (Fsp3) is 0.647. The van der Waals surface area contributed by atoms with Crippen LogP contribution in [0.1, 0.15) is 31.7 Å². The Balaban J connectivity index is 2.05. The average Bonchev–Trinajstić information content (AvgIpc) is 2.53. The fourth-order valence-corrected chi connectivity index (χ4v) is 1.81. The predicted octanol–water partition coefficient (Wildman–Crippen LogP) is 3.26. The van der Waals surface area contributed by atoms with Crippen LogP contribution in [0.2, 0.25) is 0 Å². The third-order valence-electron chi connectivity index (χ3n) is 3.36. The van der Waals surface area contributed by atoms with E-state index in [-0.39, 0.29) is 0 Å². The van der Waals surface area contributed by atoms with E-state index in [2.05, 4.69) is 26.0 Å². The van der Waals surface area contributed by atoms with Crippen molar-refractivity contribution >= 4 is 0 Å². The molecule has 21 heavy (non-hydrogen) atoms. The van der Waals surface area contributed by atoms with Crippen molar-refractivity contribution in [1.29, 1.82) is 0 Å². The summed E-state index contributed by atoms with van der Waals surface area (Å²) in [5, 5.41) is 0. The maximum absolute atomic E-state index is 5.63. The third kappa shape index (κ3) is 8.05. The van der Waals surface area contributed by atoms with Crippen molar-refractivity contribution in [3.63, 3.8) is 0 Å². The Morgan fingerprint density at radius 2 is 1.43 bits per heavy atom. The molecule has 0 saturated carbocycles. The second kappa shape index (κ2) is 11.5. The first-order valence-corrected chi connectivity index (χ1v) is 7.65. The number of ether oxygens (including phenoxy) is 4. The number of benzene rings is 1. The summed E-state index contributed by atoms with van der Waals surface area (Å²) >= 11 is 0. The Hall–Kier alpha value is -1.10. The molecular formula is C17H28O4. The quantitative estimate of drug-likeness (QED) is 0.555. The molecule has 0 radical (unpaired) electrons. The predicted molar refractivity (Wildman–Crippen MR) is 84.2 cm³/mol. The SMILES string of the molecule is CCC(C)c1ccc(OCCOCCOCCOC)cc1. The van der Waals surface area contributed by atoms with Gasteiger partial charge in [-0.2, -0.15) is 0 Å². The fourth-order valence-electron chi connectivity index (χ4n) is 1.81. The smallest absolute Gasteiger partial charge is 0.119 e. The summed E-state index contributed by atoms with van der Waals surface area (Å²) in [4.78, 5) is 0. The lowest BCUT2D eigenvalue weighted by molar-refractivity contribution is 0.0180. The molecule has 4 heteroatoms. The molecule has 0 aliphatic carbocycles. The molecule has 1 aromatic carbocycles. The van der Waals surface area contributed by atoms with E-state index in [9.17, 15) is 0 Å². The van der Waals surface area contributed by atoms with Gasteiger partial charge in [-0.15, -0.1) is 0 Å². The Kier molecular flexibility index (Phi) is 9.87. The number of methoxy groups -OCH3 is 1. The molecule has 4 nitrogen and oxygen atoms in total. The van der Waals surface area contributed by atoms with Gasteiger partial charge in [-0.1, -0.05) is 26.0 Å². The highest BCUT2D eigenvalue weighted by atomic mass is 16.6. The van der Waals surface area contributed by atoms with Crippen LogP contribution < -0.4 is 4.74 Å². The van der Waals surface area contributed by atoms with Crippen LogP contribution in [0.25, 0.3) is 0 Å². The summed E-state index contributed by atoms with van der Waals surface area (Å²) in [5.74, 6) is 1.49. The van der Waals surface area contributed by atoms with E-state index in [1.165, 1.54) is 5.56 Å². The van der Waals surface area contributed by atoms with E-state index in [0.29, 0.717) is 45.6 Å². The van der Waals surface area contributed by atoms with Crippen LogP contribution in [0.15, 0.2) is 24.3 Å². The summed E-state index contributed by atoms with van der Waals surface area (Å²) in [6.45, 7) is 7.97. The van der Waals surface area contributed by atoms with Crippen molar-refractivity contribution < 1.29 is 18.9 Å². The molecule has 0 aliphatic rings. The van der Waals surface area contributed by atoms with Gasteiger partial charge in [0.2, 0.25) is 0 Å². The lowest BCUT2D eigenvalue weighted by Gasteiger charge is -2.11. The van der Waals surface area contributed by atoms with Crippen molar-refractivity contribution in [2.45, 2.75) is 26.2 Å². The first kappa shape index (κ1) is 18.0.